The Labute approximate surface area is 108 Å². The Morgan fingerprint density at radius 1 is 1.11 bits per heavy atom. The maximum Gasteiger partial charge on any atom is 0.126 e. The van der Waals surface area contributed by atoms with Gasteiger partial charge >= 0.3 is 0 Å². The summed E-state index contributed by atoms with van der Waals surface area (Å²) < 4.78 is 13.5. The molecule has 2 aromatic rings. The second-order valence-corrected chi connectivity index (χ2v) is 4.71. The van der Waals surface area contributed by atoms with Crippen LogP contribution in [0.25, 0.3) is 0 Å². The summed E-state index contributed by atoms with van der Waals surface area (Å²) in [7, 11) is 0. The molecule has 1 N–H and O–H groups in total. The van der Waals surface area contributed by atoms with Gasteiger partial charge in [0.15, 0.2) is 0 Å². The third kappa shape index (κ3) is 3.33. The lowest BCUT2D eigenvalue weighted by molar-refractivity contribution is 0.601. The highest BCUT2D eigenvalue weighted by Crippen LogP contribution is 2.14. The third-order valence-corrected chi connectivity index (χ3v) is 2.92. The van der Waals surface area contributed by atoms with Crippen LogP contribution in [-0.4, -0.2) is 6.04 Å². The predicted molar refractivity (Wildman–Crippen MR) is 74.4 cm³/mol. The van der Waals surface area contributed by atoms with E-state index in [4.69, 9.17) is 0 Å². The summed E-state index contributed by atoms with van der Waals surface area (Å²) in [5.74, 6) is -0.129. The fraction of sp³-hybridized carbons (Fsp3) is 0.250. The second-order valence-electron chi connectivity index (χ2n) is 4.71. The highest BCUT2D eigenvalue weighted by Gasteiger charge is 2.07. The predicted octanol–water partition coefficient (Wildman–Crippen LogP) is 4.18. The highest BCUT2D eigenvalue weighted by molar-refractivity contribution is 5.46. The van der Waals surface area contributed by atoms with Gasteiger partial charge in [-0.3, -0.25) is 0 Å². The van der Waals surface area contributed by atoms with Gasteiger partial charge in [0.1, 0.15) is 5.82 Å². The average molecular weight is 243 g/mol. The lowest BCUT2D eigenvalue weighted by atomic mass is 10.1. The number of nitrogens with one attached hydrogen (secondary N) is 1. The van der Waals surface area contributed by atoms with Crippen molar-refractivity contribution in [3.05, 3.63) is 65.5 Å². The lowest BCUT2D eigenvalue weighted by Crippen LogP contribution is -2.18. The minimum atomic E-state index is -0.129. The quantitative estimate of drug-likeness (QED) is 0.849. The molecule has 0 saturated carbocycles. The number of aryl methyl sites for hydroxylation is 1. The van der Waals surface area contributed by atoms with Crippen LogP contribution in [-0.2, 0) is 6.42 Å². The Bertz CT molecular complexity index is 522. The molecule has 0 radical (unpaired) electrons. The van der Waals surface area contributed by atoms with E-state index in [0.29, 0.717) is 6.42 Å². The number of rotatable bonds is 4. The molecule has 0 amide bonds. The van der Waals surface area contributed by atoms with Crippen molar-refractivity contribution in [2.24, 2.45) is 0 Å². The molecule has 0 spiro atoms. The van der Waals surface area contributed by atoms with E-state index >= 15 is 0 Å². The summed E-state index contributed by atoms with van der Waals surface area (Å²) in [5.41, 5.74) is 3.06. The highest BCUT2D eigenvalue weighted by atomic mass is 19.1. The standard InChI is InChI=1S/C16H18FN/c1-12-6-5-8-15(10-12)18-13(2)11-14-7-3-4-9-16(14)17/h3-10,13,18H,11H2,1-2H3. The Balaban J connectivity index is 2.01. The minimum absolute atomic E-state index is 0.129. The van der Waals surface area contributed by atoms with Crippen LogP contribution in [0.5, 0.6) is 0 Å². The van der Waals surface area contributed by atoms with Gasteiger partial charge in [-0.15, -0.1) is 0 Å². The van der Waals surface area contributed by atoms with E-state index in [9.17, 15) is 4.39 Å². The van der Waals surface area contributed by atoms with Crippen molar-refractivity contribution < 1.29 is 4.39 Å². The molecule has 0 saturated heterocycles. The Kier molecular flexibility index (Phi) is 3.98. The van der Waals surface area contributed by atoms with Gasteiger partial charge < -0.3 is 5.32 Å². The molecular weight excluding hydrogens is 225 g/mol. The van der Waals surface area contributed by atoms with Gasteiger partial charge in [0, 0.05) is 11.7 Å². The molecule has 0 aliphatic carbocycles. The molecular formula is C16H18FN. The number of benzene rings is 2. The monoisotopic (exact) mass is 243 g/mol. The molecule has 2 heteroatoms. The van der Waals surface area contributed by atoms with Crippen molar-refractivity contribution in [3.8, 4) is 0 Å². The van der Waals surface area contributed by atoms with Crippen LogP contribution in [0.15, 0.2) is 48.5 Å². The molecule has 0 fully saturated rings. The minimum Gasteiger partial charge on any atom is -0.382 e. The molecule has 1 unspecified atom stereocenters. The van der Waals surface area contributed by atoms with Gasteiger partial charge in [-0.05, 0) is 49.6 Å². The van der Waals surface area contributed by atoms with Gasteiger partial charge in [-0.2, -0.15) is 0 Å². The first kappa shape index (κ1) is 12.6. The summed E-state index contributed by atoms with van der Waals surface area (Å²) in [6.45, 7) is 4.13. The van der Waals surface area contributed by atoms with Gasteiger partial charge in [0.2, 0.25) is 0 Å². The van der Waals surface area contributed by atoms with Crippen molar-refractivity contribution in [2.45, 2.75) is 26.3 Å². The Morgan fingerprint density at radius 3 is 2.61 bits per heavy atom. The van der Waals surface area contributed by atoms with Crippen LogP contribution in [0.3, 0.4) is 0 Å². The normalized spacial score (nSPS) is 12.2. The van der Waals surface area contributed by atoms with E-state index in [1.54, 1.807) is 6.07 Å². The Hall–Kier alpha value is -1.83. The summed E-state index contributed by atoms with van der Waals surface area (Å²) >= 11 is 0. The first-order valence-corrected chi connectivity index (χ1v) is 6.22. The fourth-order valence-electron chi connectivity index (χ4n) is 2.06. The van der Waals surface area contributed by atoms with Crippen molar-refractivity contribution >= 4 is 5.69 Å². The molecule has 2 rings (SSSR count). The van der Waals surface area contributed by atoms with Crippen molar-refractivity contribution in [1.82, 2.24) is 0 Å². The molecule has 0 aliphatic rings. The molecule has 94 valence electrons. The lowest BCUT2D eigenvalue weighted by Gasteiger charge is -2.16. The number of halogens is 1. The zero-order valence-corrected chi connectivity index (χ0v) is 10.8. The average Bonchev–Trinajstić information content (AvgIpc) is 2.32. The van der Waals surface area contributed by atoms with Crippen molar-refractivity contribution in [3.63, 3.8) is 0 Å². The maximum atomic E-state index is 13.5. The summed E-state index contributed by atoms with van der Waals surface area (Å²) in [4.78, 5) is 0. The van der Waals surface area contributed by atoms with E-state index in [0.717, 1.165) is 11.3 Å². The number of anilines is 1. The third-order valence-electron chi connectivity index (χ3n) is 2.92. The summed E-state index contributed by atoms with van der Waals surface area (Å²) in [5, 5.41) is 3.39. The van der Waals surface area contributed by atoms with Crippen LogP contribution in [0, 0.1) is 12.7 Å². The van der Waals surface area contributed by atoms with Crippen LogP contribution in [0.2, 0.25) is 0 Å². The molecule has 0 heterocycles. The van der Waals surface area contributed by atoms with Gasteiger partial charge in [-0.25, -0.2) is 4.39 Å². The van der Waals surface area contributed by atoms with Crippen LogP contribution in [0.4, 0.5) is 10.1 Å². The molecule has 2 aromatic carbocycles. The summed E-state index contributed by atoms with van der Waals surface area (Å²) in [6.07, 6.45) is 0.681. The molecule has 0 aliphatic heterocycles. The van der Waals surface area contributed by atoms with E-state index in [2.05, 4.69) is 31.3 Å². The molecule has 0 aromatic heterocycles. The van der Waals surface area contributed by atoms with Gasteiger partial charge in [0.05, 0.1) is 0 Å². The number of hydrogen-bond donors (Lipinski definition) is 1. The molecule has 1 nitrogen and oxygen atoms in total. The van der Waals surface area contributed by atoms with E-state index in [1.165, 1.54) is 11.6 Å². The molecule has 0 bridgehead atoms. The maximum absolute atomic E-state index is 13.5. The van der Waals surface area contributed by atoms with Crippen molar-refractivity contribution in [1.29, 1.82) is 0 Å². The topological polar surface area (TPSA) is 12.0 Å². The van der Waals surface area contributed by atoms with Crippen LogP contribution in [0.1, 0.15) is 18.1 Å². The Morgan fingerprint density at radius 2 is 1.89 bits per heavy atom. The SMILES string of the molecule is Cc1cccc(NC(C)Cc2ccccc2F)c1. The first-order valence-electron chi connectivity index (χ1n) is 6.22. The first-order chi connectivity index (χ1) is 8.65. The van der Waals surface area contributed by atoms with Crippen LogP contribution < -0.4 is 5.32 Å². The second kappa shape index (κ2) is 5.67. The summed E-state index contributed by atoms with van der Waals surface area (Å²) in [6, 6.07) is 15.3. The largest absolute Gasteiger partial charge is 0.382 e. The van der Waals surface area contributed by atoms with Gasteiger partial charge in [0.25, 0.3) is 0 Å². The van der Waals surface area contributed by atoms with Gasteiger partial charge in [-0.1, -0.05) is 30.3 Å². The van der Waals surface area contributed by atoms with E-state index < -0.39 is 0 Å². The zero-order valence-electron chi connectivity index (χ0n) is 10.8. The zero-order chi connectivity index (χ0) is 13.0. The van der Waals surface area contributed by atoms with Crippen LogP contribution >= 0.6 is 0 Å². The van der Waals surface area contributed by atoms with E-state index in [1.807, 2.05) is 24.3 Å². The fourth-order valence-corrected chi connectivity index (χ4v) is 2.06. The number of hydrogen-bond acceptors (Lipinski definition) is 1. The van der Waals surface area contributed by atoms with E-state index in [-0.39, 0.29) is 11.9 Å². The smallest absolute Gasteiger partial charge is 0.126 e. The van der Waals surface area contributed by atoms with Crippen molar-refractivity contribution in [2.75, 3.05) is 5.32 Å². The molecule has 18 heavy (non-hydrogen) atoms. The molecule has 1 atom stereocenters.